The summed E-state index contributed by atoms with van der Waals surface area (Å²) in [6, 6.07) is 3.70. The van der Waals surface area contributed by atoms with Crippen molar-refractivity contribution in [2.45, 2.75) is 0 Å². The summed E-state index contributed by atoms with van der Waals surface area (Å²) in [5, 5.41) is 0.451. The second-order valence-corrected chi connectivity index (χ2v) is 3.05. The zero-order valence-electron chi connectivity index (χ0n) is 5.14. The molecule has 0 atom stereocenters. The number of hydrogen-bond acceptors (Lipinski definition) is 1. The highest BCUT2D eigenvalue weighted by Crippen LogP contribution is 2.22. The molecule has 1 nitrogen and oxygen atoms in total. The van der Waals surface area contributed by atoms with E-state index in [2.05, 4.69) is 27.5 Å². The van der Waals surface area contributed by atoms with E-state index in [4.69, 9.17) is 11.6 Å². The number of aromatic nitrogens is 1. The zero-order valence-corrected chi connectivity index (χ0v) is 7.48. The summed E-state index contributed by atoms with van der Waals surface area (Å²) >= 11 is 8.91. The van der Waals surface area contributed by atoms with Crippen LogP contribution in [-0.4, -0.2) is 4.98 Å². The minimum atomic E-state index is 0.451. The summed E-state index contributed by atoms with van der Waals surface area (Å²) in [6.07, 6.45) is 1.67. The average Bonchev–Trinajstić information content (AvgIpc) is 1.88. The van der Waals surface area contributed by atoms with Gasteiger partial charge in [-0.3, -0.25) is 4.98 Å². The highest BCUT2D eigenvalue weighted by molar-refractivity contribution is 9.10. The normalized spacial score (nSPS) is 9.40. The number of hydrogen-bond donors (Lipinski definition) is 0. The van der Waals surface area contributed by atoms with Crippen molar-refractivity contribution in [3.8, 4) is 0 Å². The van der Waals surface area contributed by atoms with Crippen LogP contribution in [0.4, 0.5) is 0 Å². The van der Waals surface area contributed by atoms with Crippen LogP contribution in [0.25, 0.3) is 5.03 Å². The Bertz CT molecular complexity index is 260. The maximum Gasteiger partial charge on any atom is 0.0951 e. The van der Waals surface area contributed by atoms with E-state index < -0.39 is 0 Å². The van der Waals surface area contributed by atoms with Crippen LogP contribution >= 0.6 is 27.5 Å². The molecule has 1 aromatic rings. The first-order chi connectivity index (χ1) is 4.72. The van der Waals surface area contributed by atoms with E-state index in [1.165, 1.54) is 0 Å². The maximum atomic E-state index is 5.62. The van der Waals surface area contributed by atoms with E-state index in [-0.39, 0.29) is 0 Å². The van der Waals surface area contributed by atoms with Crippen molar-refractivity contribution in [2.24, 2.45) is 0 Å². The molecule has 1 rings (SSSR count). The van der Waals surface area contributed by atoms with Crippen LogP contribution in [0.5, 0.6) is 0 Å². The van der Waals surface area contributed by atoms with Gasteiger partial charge in [0, 0.05) is 10.7 Å². The van der Waals surface area contributed by atoms with Gasteiger partial charge in [0.1, 0.15) is 0 Å². The lowest BCUT2D eigenvalue weighted by Gasteiger charge is -1.97. The Balaban J connectivity index is 3.15. The molecule has 52 valence electrons. The molecule has 0 N–H and O–H groups in total. The number of rotatable bonds is 1. The summed E-state index contributed by atoms with van der Waals surface area (Å²) in [6.45, 7) is 3.56. The molecular weight excluding hydrogens is 213 g/mol. The zero-order chi connectivity index (χ0) is 7.56. The van der Waals surface area contributed by atoms with Gasteiger partial charge in [0.25, 0.3) is 0 Å². The van der Waals surface area contributed by atoms with E-state index in [1.54, 1.807) is 6.20 Å². The Morgan fingerprint density at radius 3 is 2.80 bits per heavy atom. The third-order valence-electron chi connectivity index (χ3n) is 1.02. The topological polar surface area (TPSA) is 12.9 Å². The van der Waals surface area contributed by atoms with Crippen LogP contribution in [-0.2, 0) is 0 Å². The Hall–Kier alpha value is -0.340. The third-order valence-corrected chi connectivity index (χ3v) is 1.83. The van der Waals surface area contributed by atoms with Crippen LogP contribution in [0.1, 0.15) is 5.69 Å². The van der Waals surface area contributed by atoms with Gasteiger partial charge >= 0.3 is 0 Å². The van der Waals surface area contributed by atoms with Gasteiger partial charge < -0.3 is 0 Å². The van der Waals surface area contributed by atoms with Gasteiger partial charge in [-0.25, -0.2) is 0 Å². The van der Waals surface area contributed by atoms with Crippen molar-refractivity contribution in [1.82, 2.24) is 4.98 Å². The highest BCUT2D eigenvalue weighted by atomic mass is 79.9. The third kappa shape index (κ3) is 1.58. The standard InChI is InChI=1S/C7H5BrClN/c1-5(9)7-6(8)3-2-4-10-7/h2-4H,1H2. The fourth-order valence-corrected chi connectivity index (χ4v) is 1.34. The molecule has 0 spiro atoms. The summed E-state index contributed by atoms with van der Waals surface area (Å²) in [5.41, 5.74) is 0.698. The molecule has 10 heavy (non-hydrogen) atoms. The number of nitrogens with zero attached hydrogens (tertiary/aromatic N) is 1. The van der Waals surface area contributed by atoms with Gasteiger partial charge in [-0.2, -0.15) is 0 Å². The van der Waals surface area contributed by atoms with Gasteiger partial charge in [-0.05, 0) is 28.1 Å². The maximum absolute atomic E-state index is 5.62. The lowest BCUT2D eigenvalue weighted by atomic mass is 10.3. The molecule has 1 aromatic heterocycles. The molecule has 0 aliphatic heterocycles. The van der Waals surface area contributed by atoms with Crippen molar-refractivity contribution in [1.29, 1.82) is 0 Å². The molecule has 0 saturated carbocycles. The largest absolute Gasteiger partial charge is 0.254 e. The summed E-state index contributed by atoms with van der Waals surface area (Å²) in [4.78, 5) is 4.00. The van der Waals surface area contributed by atoms with Gasteiger partial charge in [-0.1, -0.05) is 18.2 Å². The molecule has 0 radical (unpaired) electrons. The van der Waals surface area contributed by atoms with Gasteiger partial charge in [-0.15, -0.1) is 0 Å². The van der Waals surface area contributed by atoms with Crippen LogP contribution in [0.15, 0.2) is 29.4 Å². The molecule has 0 aromatic carbocycles. The van der Waals surface area contributed by atoms with Crippen molar-refractivity contribution < 1.29 is 0 Å². The number of halogens is 2. The van der Waals surface area contributed by atoms with Crippen molar-refractivity contribution in [2.75, 3.05) is 0 Å². The van der Waals surface area contributed by atoms with Crippen LogP contribution in [0.3, 0.4) is 0 Å². The van der Waals surface area contributed by atoms with Crippen molar-refractivity contribution >= 4 is 32.6 Å². The first-order valence-corrected chi connectivity index (χ1v) is 3.84. The monoisotopic (exact) mass is 217 g/mol. The first kappa shape index (κ1) is 7.76. The molecule has 1 heterocycles. The Morgan fingerprint density at radius 1 is 1.70 bits per heavy atom. The van der Waals surface area contributed by atoms with Gasteiger partial charge in [0.2, 0.25) is 0 Å². The van der Waals surface area contributed by atoms with E-state index in [1.807, 2.05) is 12.1 Å². The summed E-state index contributed by atoms with van der Waals surface area (Å²) < 4.78 is 0.870. The van der Waals surface area contributed by atoms with E-state index in [0.717, 1.165) is 4.47 Å². The molecule has 0 unspecified atom stereocenters. The molecule has 0 amide bonds. The highest BCUT2D eigenvalue weighted by Gasteiger charge is 1.99. The van der Waals surface area contributed by atoms with Crippen LogP contribution in [0.2, 0.25) is 0 Å². The second kappa shape index (κ2) is 3.17. The minimum absolute atomic E-state index is 0.451. The predicted octanol–water partition coefficient (Wildman–Crippen LogP) is 3.05. The Labute approximate surface area is 72.9 Å². The van der Waals surface area contributed by atoms with Crippen LogP contribution in [0, 0.1) is 0 Å². The van der Waals surface area contributed by atoms with Gasteiger partial charge in [0.15, 0.2) is 0 Å². The Kier molecular flexibility index (Phi) is 2.46. The van der Waals surface area contributed by atoms with Gasteiger partial charge in [0.05, 0.1) is 10.7 Å². The van der Waals surface area contributed by atoms with E-state index in [0.29, 0.717) is 10.7 Å². The lowest BCUT2D eigenvalue weighted by Crippen LogP contribution is -1.82. The fraction of sp³-hybridized carbons (Fsp3) is 0. The van der Waals surface area contributed by atoms with Crippen LogP contribution < -0.4 is 0 Å². The summed E-state index contributed by atoms with van der Waals surface area (Å²) in [5.74, 6) is 0. The molecule has 0 aliphatic carbocycles. The predicted molar refractivity (Wildman–Crippen MR) is 46.8 cm³/mol. The molecular formula is C7H5BrClN. The molecule has 0 fully saturated rings. The van der Waals surface area contributed by atoms with E-state index >= 15 is 0 Å². The summed E-state index contributed by atoms with van der Waals surface area (Å²) in [7, 11) is 0. The minimum Gasteiger partial charge on any atom is -0.254 e. The smallest absolute Gasteiger partial charge is 0.0951 e. The number of pyridine rings is 1. The van der Waals surface area contributed by atoms with E-state index in [9.17, 15) is 0 Å². The Morgan fingerprint density at radius 2 is 2.40 bits per heavy atom. The molecule has 0 bridgehead atoms. The molecule has 3 heteroatoms. The van der Waals surface area contributed by atoms with Crippen molar-refractivity contribution in [3.63, 3.8) is 0 Å². The second-order valence-electron chi connectivity index (χ2n) is 1.74. The first-order valence-electron chi connectivity index (χ1n) is 2.67. The quantitative estimate of drug-likeness (QED) is 0.706. The fourth-order valence-electron chi connectivity index (χ4n) is 0.585. The molecule has 0 saturated heterocycles. The SMILES string of the molecule is C=C(Cl)c1ncccc1Br. The molecule has 0 aliphatic rings. The average molecular weight is 218 g/mol. The van der Waals surface area contributed by atoms with Crippen molar-refractivity contribution in [3.05, 3.63) is 35.1 Å². The lowest BCUT2D eigenvalue weighted by molar-refractivity contribution is 1.27.